The summed E-state index contributed by atoms with van der Waals surface area (Å²) in [4.78, 5) is 0. The summed E-state index contributed by atoms with van der Waals surface area (Å²) in [7, 11) is 0. The van der Waals surface area contributed by atoms with Crippen molar-refractivity contribution in [2.24, 2.45) is 5.73 Å². The fourth-order valence-electron chi connectivity index (χ4n) is 0.476. The maximum Gasteiger partial charge on any atom is -0.0103 e. The summed E-state index contributed by atoms with van der Waals surface area (Å²) < 4.78 is 0. The maximum absolute atomic E-state index is 5.10. The standard InChI is InChI=1S/C7H13N/c1-2-3-4-5-6-7-8/h2,6-7H,1,3-5,8H2/b7-6+. The van der Waals surface area contributed by atoms with E-state index in [0.717, 1.165) is 19.3 Å². The summed E-state index contributed by atoms with van der Waals surface area (Å²) in [6, 6.07) is 0. The second kappa shape index (κ2) is 6.28. The second-order valence-corrected chi connectivity index (χ2v) is 1.65. The molecule has 0 saturated carbocycles. The summed E-state index contributed by atoms with van der Waals surface area (Å²) in [5.41, 5.74) is 5.10. The molecule has 0 radical (unpaired) electrons. The van der Waals surface area contributed by atoms with Crippen LogP contribution in [0.4, 0.5) is 0 Å². The van der Waals surface area contributed by atoms with Gasteiger partial charge in [0.2, 0.25) is 0 Å². The lowest BCUT2D eigenvalue weighted by molar-refractivity contribution is 0.868. The van der Waals surface area contributed by atoms with Crippen molar-refractivity contribution < 1.29 is 0 Å². The van der Waals surface area contributed by atoms with Crippen molar-refractivity contribution >= 4 is 0 Å². The van der Waals surface area contributed by atoms with Gasteiger partial charge in [-0.2, -0.15) is 0 Å². The molecule has 1 heteroatoms. The average Bonchev–Trinajstić information content (AvgIpc) is 1.81. The average molecular weight is 111 g/mol. The summed E-state index contributed by atoms with van der Waals surface area (Å²) in [5, 5.41) is 0. The van der Waals surface area contributed by atoms with Crippen molar-refractivity contribution in [1.29, 1.82) is 0 Å². The van der Waals surface area contributed by atoms with Gasteiger partial charge in [-0.1, -0.05) is 12.2 Å². The van der Waals surface area contributed by atoms with E-state index in [1.807, 2.05) is 12.2 Å². The number of hydrogen-bond donors (Lipinski definition) is 1. The molecule has 0 aliphatic rings. The Bertz CT molecular complexity index is 74.5. The molecule has 0 aliphatic carbocycles. The van der Waals surface area contributed by atoms with Crippen molar-refractivity contribution in [3.05, 3.63) is 24.9 Å². The predicted octanol–water partition coefficient (Wildman–Crippen LogP) is 1.82. The molecule has 0 rings (SSSR count). The van der Waals surface area contributed by atoms with Gasteiger partial charge >= 0.3 is 0 Å². The monoisotopic (exact) mass is 111 g/mol. The van der Waals surface area contributed by atoms with Crippen LogP contribution in [0.2, 0.25) is 0 Å². The molecule has 0 saturated heterocycles. The van der Waals surface area contributed by atoms with E-state index in [1.165, 1.54) is 0 Å². The summed E-state index contributed by atoms with van der Waals surface area (Å²) in [6.45, 7) is 3.60. The largest absolute Gasteiger partial charge is 0.405 e. The van der Waals surface area contributed by atoms with Crippen LogP contribution in [0.15, 0.2) is 24.9 Å². The first kappa shape index (κ1) is 7.28. The molecule has 0 aromatic heterocycles. The van der Waals surface area contributed by atoms with E-state index in [2.05, 4.69) is 6.58 Å². The van der Waals surface area contributed by atoms with Crippen LogP contribution in [-0.4, -0.2) is 0 Å². The van der Waals surface area contributed by atoms with Crippen molar-refractivity contribution in [1.82, 2.24) is 0 Å². The molecule has 8 heavy (non-hydrogen) atoms. The van der Waals surface area contributed by atoms with E-state index in [0.29, 0.717) is 0 Å². The second-order valence-electron chi connectivity index (χ2n) is 1.65. The van der Waals surface area contributed by atoms with E-state index in [4.69, 9.17) is 5.73 Å². The van der Waals surface area contributed by atoms with Gasteiger partial charge in [-0.15, -0.1) is 6.58 Å². The topological polar surface area (TPSA) is 26.0 Å². The van der Waals surface area contributed by atoms with Gasteiger partial charge < -0.3 is 5.73 Å². The van der Waals surface area contributed by atoms with Crippen LogP contribution in [0.3, 0.4) is 0 Å². The Hall–Kier alpha value is -0.720. The van der Waals surface area contributed by atoms with Gasteiger partial charge in [0.1, 0.15) is 0 Å². The van der Waals surface area contributed by atoms with Gasteiger partial charge in [-0.05, 0) is 25.5 Å². The van der Waals surface area contributed by atoms with Gasteiger partial charge in [0, 0.05) is 0 Å². The van der Waals surface area contributed by atoms with Crippen molar-refractivity contribution in [3.63, 3.8) is 0 Å². The van der Waals surface area contributed by atoms with Crippen molar-refractivity contribution in [3.8, 4) is 0 Å². The molecule has 0 fully saturated rings. The van der Waals surface area contributed by atoms with E-state index < -0.39 is 0 Å². The van der Waals surface area contributed by atoms with Crippen molar-refractivity contribution in [2.75, 3.05) is 0 Å². The van der Waals surface area contributed by atoms with Gasteiger partial charge in [0.15, 0.2) is 0 Å². The predicted molar refractivity (Wildman–Crippen MR) is 37.4 cm³/mol. The normalized spacial score (nSPS) is 10.0. The molecule has 0 aliphatic heterocycles. The highest BCUT2D eigenvalue weighted by Crippen LogP contribution is 1.94. The third-order valence-corrected chi connectivity index (χ3v) is 0.915. The fourth-order valence-corrected chi connectivity index (χ4v) is 0.476. The van der Waals surface area contributed by atoms with Crippen LogP contribution in [0.1, 0.15) is 19.3 Å². The molecular weight excluding hydrogens is 98.1 g/mol. The van der Waals surface area contributed by atoms with Gasteiger partial charge in [-0.25, -0.2) is 0 Å². The molecule has 0 aromatic rings. The Morgan fingerprint density at radius 2 is 2.12 bits per heavy atom. The molecule has 0 spiro atoms. The lowest BCUT2D eigenvalue weighted by Crippen LogP contribution is -1.75. The molecule has 0 atom stereocenters. The van der Waals surface area contributed by atoms with Crippen LogP contribution in [-0.2, 0) is 0 Å². The molecule has 1 nitrogen and oxygen atoms in total. The fraction of sp³-hybridized carbons (Fsp3) is 0.429. The van der Waals surface area contributed by atoms with Crippen LogP contribution in [0.5, 0.6) is 0 Å². The van der Waals surface area contributed by atoms with E-state index in [1.54, 1.807) is 6.20 Å². The zero-order valence-electron chi connectivity index (χ0n) is 5.14. The summed E-state index contributed by atoms with van der Waals surface area (Å²) >= 11 is 0. The summed E-state index contributed by atoms with van der Waals surface area (Å²) in [5.74, 6) is 0. The highest BCUT2D eigenvalue weighted by Gasteiger charge is 1.75. The Balaban J connectivity index is 2.82. The number of allylic oxidation sites excluding steroid dienone is 2. The Morgan fingerprint density at radius 1 is 1.38 bits per heavy atom. The highest BCUT2D eigenvalue weighted by atomic mass is 14.5. The highest BCUT2D eigenvalue weighted by molar-refractivity contribution is 4.77. The Labute approximate surface area is 50.9 Å². The maximum atomic E-state index is 5.10. The van der Waals surface area contributed by atoms with E-state index in [-0.39, 0.29) is 0 Å². The minimum absolute atomic E-state index is 1.07. The zero-order valence-corrected chi connectivity index (χ0v) is 5.14. The number of unbranched alkanes of at least 4 members (excludes halogenated alkanes) is 2. The molecular formula is C7H13N. The Morgan fingerprint density at radius 3 is 2.62 bits per heavy atom. The number of nitrogens with two attached hydrogens (primary N) is 1. The van der Waals surface area contributed by atoms with E-state index >= 15 is 0 Å². The molecule has 0 unspecified atom stereocenters. The molecule has 0 bridgehead atoms. The van der Waals surface area contributed by atoms with Gasteiger partial charge in [-0.3, -0.25) is 0 Å². The smallest absolute Gasteiger partial charge is 0.0103 e. The molecule has 2 N–H and O–H groups in total. The zero-order chi connectivity index (χ0) is 6.24. The minimum Gasteiger partial charge on any atom is -0.405 e. The van der Waals surface area contributed by atoms with Crippen molar-refractivity contribution in [2.45, 2.75) is 19.3 Å². The molecule has 46 valence electrons. The van der Waals surface area contributed by atoms with Crippen LogP contribution >= 0.6 is 0 Å². The van der Waals surface area contributed by atoms with Crippen LogP contribution in [0.25, 0.3) is 0 Å². The number of rotatable bonds is 4. The lowest BCUT2D eigenvalue weighted by Gasteiger charge is -1.85. The summed E-state index contributed by atoms with van der Waals surface area (Å²) in [6.07, 6.45) is 8.79. The first-order valence-electron chi connectivity index (χ1n) is 2.89. The minimum atomic E-state index is 1.07. The first-order chi connectivity index (χ1) is 3.91. The van der Waals surface area contributed by atoms with Gasteiger partial charge in [0.25, 0.3) is 0 Å². The third-order valence-electron chi connectivity index (χ3n) is 0.915. The molecule has 0 aromatic carbocycles. The lowest BCUT2D eigenvalue weighted by atomic mass is 10.2. The van der Waals surface area contributed by atoms with Gasteiger partial charge in [0.05, 0.1) is 0 Å². The Kier molecular flexibility index (Phi) is 5.71. The third kappa shape index (κ3) is 5.28. The van der Waals surface area contributed by atoms with Crippen LogP contribution in [0, 0.1) is 0 Å². The van der Waals surface area contributed by atoms with Crippen LogP contribution < -0.4 is 5.73 Å². The SMILES string of the molecule is C=CCCC/C=C/N. The van der Waals surface area contributed by atoms with E-state index in [9.17, 15) is 0 Å². The number of hydrogen-bond acceptors (Lipinski definition) is 1. The molecule has 0 heterocycles. The molecule has 0 amide bonds. The quantitative estimate of drug-likeness (QED) is 0.434. The first-order valence-corrected chi connectivity index (χ1v) is 2.89.